The van der Waals surface area contributed by atoms with Crippen LogP contribution in [0, 0.1) is 0 Å². The maximum atomic E-state index is 10.7. The van der Waals surface area contributed by atoms with Crippen LogP contribution in [-0.2, 0) is 18.3 Å². The van der Waals surface area contributed by atoms with Crippen molar-refractivity contribution in [1.29, 1.82) is 0 Å². The van der Waals surface area contributed by atoms with Crippen LogP contribution in [0.25, 0.3) is 0 Å². The van der Waals surface area contributed by atoms with E-state index >= 15 is 0 Å². The summed E-state index contributed by atoms with van der Waals surface area (Å²) < 4.78 is 42.7. The first-order chi connectivity index (χ1) is 10.4. The van der Waals surface area contributed by atoms with E-state index in [0.717, 1.165) is 0 Å². The van der Waals surface area contributed by atoms with E-state index in [1.54, 1.807) is 0 Å². The zero-order valence-electron chi connectivity index (χ0n) is 19.8. The monoisotopic (exact) mass is 550 g/mol. The van der Waals surface area contributed by atoms with Gasteiger partial charge in [0.2, 0.25) is 0 Å². The van der Waals surface area contributed by atoms with Crippen LogP contribution < -0.4 is 193 Å². The van der Waals surface area contributed by atoms with Gasteiger partial charge in [0.1, 0.15) is 0 Å². The van der Waals surface area contributed by atoms with Gasteiger partial charge in [-0.1, -0.05) is 30.4 Å². The van der Waals surface area contributed by atoms with Crippen molar-refractivity contribution < 1.29 is 219 Å². The molecule has 0 rings (SSSR count). The molecule has 0 saturated carbocycles. The van der Waals surface area contributed by atoms with Crippen LogP contribution in [0.5, 0.6) is 0 Å². The van der Waals surface area contributed by atoms with E-state index in [9.17, 15) is 57.4 Å². The summed E-state index contributed by atoms with van der Waals surface area (Å²) >= 11 is 0. The van der Waals surface area contributed by atoms with E-state index in [0.29, 0.717) is 9.80 Å². The molecular formula is C6H17K3N2O12P4. The van der Waals surface area contributed by atoms with E-state index in [1.807, 2.05) is 0 Å². The van der Waals surface area contributed by atoms with Gasteiger partial charge in [-0.15, -0.1) is 0 Å². The number of rotatable bonds is 11. The Hall–Kier alpha value is 5.43. The second kappa shape index (κ2) is 17.0. The Balaban J connectivity index is -0.0000000945. The minimum atomic E-state index is -5.30. The first-order valence-corrected chi connectivity index (χ1v) is 12.8. The summed E-state index contributed by atoms with van der Waals surface area (Å²) in [5, 5.41) is 0. The average molecular weight is 550 g/mol. The Kier molecular flexibility index (Phi) is 24.9. The van der Waals surface area contributed by atoms with Crippen molar-refractivity contribution in [3.8, 4) is 0 Å². The van der Waals surface area contributed by atoms with Crippen molar-refractivity contribution in [2.45, 2.75) is 0 Å². The predicted octanol–water partition coefficient (Wildman–Crippen LogP) is -15.4. The third kappa shape index (κ3) is 29.4. The van der Waals surface area contributed by atoms with Crippen molar-refractivity contribution in [2.24, 2.45) is 0 Å². The fourth-order valence-corrected chi connectivity index (χ4v) is 4.88. The molecule has 27 heavy (non-hydrogen) atoms. The number of hydrogen-bond acceptors (Lipinski definition) is 14. The van der Waals surface area contributed by atoms with Crippen LogP contribution in [0.15, 0.2) is 0 Å². The van der Waals surface area contributed by atoms with Gasteiger partial charge in [-0.2, -0.15) is 0 Å². The van der Waals surface area contributed by atoms with Crippen molar-refractivity contribution in [2.75, 3.05) is 38.2 Å². The van der Waals surface area contributed by atoms with Gasteiger partial charge >= 0.3 is 161 Å². The molecule has 0 aliphatic rings. The van der Waals surface area contributed by atoms with Gasteiger partial charge < -0.3 is 57.4 Å². The molecule has 14 nitrogen and oxygen atoms in total. The molecule has 0 atom stereocenters. The maximum Gasteiger partial charge on any atom is 1.00 e. The maximum absolute atomic E-state index is 10.7. The quantitative estimate of drug-likeness (QED) is 0.171. The summed E-state index contributed by atoms with van der Waals surface area (Å²) in [5.41, 5.74) is 0. The Morgan fingerprint density at radius 2 is 0.630 bits per heavy atom. The molecule has 0 amide bonds. The van der Waals surface area contributed by atoms with Crippen molar-refractivity contribution in [3.05, 3.63) is 0 Å². The smallest absolute Gasteiger partial charge is 0.810 e. The van der Waals surface area contributed by atoms with Crippen LogP contribution in [0.2, 0.25) is 0 Å². The summed E-state index contributed by atoms with van der Waals surface area (Å²) in [6.45, 7) is -1.55. The van der Waals surface area contributed by atoms with E-state index < -0.39 is 68.6 Å². The summed E-state index contributed by atoms with van der Waals surface area (Å²) in [6.07, 6.45) is -5.63. The van der Waals surface area contributed by atoms with Gasteiger partial charge in [-0.3, -0.25) is 9.80 Å². The van der Waals surface area contributed by atoms with Gasteiger partial charge in [-0.25, -0.2) is 0 Å². The fourth-order valence-electron chi connectivity index (χ4n) is 1.63. The van der Waals surface area contributed by atoms with Crippen molar-refractivity contribution >= 4 is 30.4 Å². The molecule has 21 heteroatoms. The first-order valence-electron chi connectivity index (χ1n) is 5.85. The van der Waals surface area contributed by atoms with E-state index in [1.165, 1.54) is 0 Å². The molecule has 0 aliphatic carbocycles. The second-order valence-corrected chi connectivity index (χ2v) is 10.8. The van der Waals surface area contributed by atoms with Crippen LogP contribution >= 0.6 is 30.4 Å². The molecule has 0 aromatic carbocycles. The van der Waals surface area contributed by atoms with Crippen LogP contribution in [0.3, 0.4) is 0 Å². The third-order valence-corrected chi connectivity index (χ3v) is 5.21. The van der Waals surface area contributed by atoms with Gasteiger partial charge in [0.25, 0.3) is 0 Å². The van der Waals surface area contributed by atoms with Crippen LogP contribution in [0.4, 0.5) is 0 Å². The molecule has 0 saturated heterocycles. The zero-order valence-corrected chi connectivity index (χ0v) is 27.8. The molecule has 0 aliphatic heterocycles. The minimum Gasteiger partial charge on any atom is -0.810 e. The Morgan fingerprint density at radius 3 is 0.741 bits per heavy atom. The molecule has 0 N–H and O–H groups in total. The largest absolute Gasteiger partial charge is 1.00 e. The molecule has 0 heterocycles. The fraction of sp³-hybridized carbons (Fsp3) is 1.00. The molecule has 0 spiro atoms. The topological polar surface area (TPSA) is 259 Å². The van der Waals surface area contributed by atoms with Gasteiger partial charge in [0.05, 0.1) is 0 Å². The summed E-state index contributed by atoms with van der Waals surface area (Å²) in [7, 11) is -21.2. The van der Waals surface area contributed by atoms with E-state index in [4.69, 9.17) is 0 Å². The summed E-state index contributed by atoms with van der Waals surface area (Å²) in [4.78, 5) is 85.9. The molecular weight excluding hydrogens is 533 g/mol. The Morgan fingerprint density at radius 1 is 0.481 bits per heavy atom. The zero-order chi connectivity index (χ0) is 19.4. The normalized spacial score (nSPS) is 13.0. The predicted molar refractivity (Wildman–Crippen MR) is 68.9 cm³/mol. The summed E-state index contributed by atoms with van der Waals surface area (Å²) in [6, 6.07) is 0. The average Bonchev–Trinajstić information content (AvgIpc) is 2.16. The molecule has 0 aromatic heterocycles. The van der Waals surface area contributed by atoms with Crippen LogP contribution in [-0.4, -0.2) is 48.0 Å². The number of nitrogens with zero attached hydrogens (tertiary/aromatic N) is 2. The van der Waals surface area contributed by atoms with E-state index in [2.05, 4.69) is 0 Å². The van der Waals surface area contributed by atoms with Gasteiger partial charge in [0.15, 0.2) is 0 Å². The van der Waals surface area contributed by atoms with Gasteiger partial charge in [-0.05, 0) is 0 Å². The van der Waals surface area contributed by atoms with E-state index in [-0.39, 0.29) is 161 Å². The second-order valence-electron chi connectivity index (χ2n) is 4.80. The molecule has 0 bridgehead atoms. The van der Waals surface area contributed by atoms with Crippen molar-refractivity contribution in [1.82, 2.24) is 9.80 Å². The van der Waals surface area contributed by atoms with Crippen molar-refractivity contribution in [3.63, 3.8) is 0 Å². The number of hydrogen-bond donors (Lipinski definition) is 0. The van der Waals surface area contributed by atoms with Crippen LogP contribution in [0.1, 0.15) is 7.13 Å². The molecule has 0 unspecified atom stereocenters. The Labute approximate surface area is 290 Å². The molecule has 146 valence electrons. The minimum absolute atomic E-state index is 0. The third-order valence-electron chi connectivity index (χ3n) is 2.23. The SMILES string of the molecule is O=P([O-])([O-])CN(CCN(CP(=O)([O-])[O-])CP(=O)([O-])[O-])CP(=O)([O-])[O-].[H+].[H+].[H+].[H+].[H+].[K+].[K+].[K+]. The first kappa shape index (κ1) is 39.6. The standard InChI is InChI=1S/C6H20N2O12P4.3K/c9-21(10,11)3-7(4-22(12,13)14)1-2-8(5-23(15,16)17)6-24(18,19)20;;;/h1-6H2,(H2,9,10,11)(H2,12,13,14)(H2,15,16,17)(H2,18,19,20);;;/q;3*+1/p-3. The Bertz CT molecular complexity index is 520. The molecule has 0 radical (unpaired) electrons. The summed E-state index contributed by atoms with van der Waals surface area (Å²) in [5.74, 6) is 0. The molecule has 0 fully saturated rings. The van der Waals surface area contributed by atoms with Gasteiger partial charge in [0, 0.05) is 38.2 Å². The molecule has 0 aromatic rings.